The first-order valence-corrected chi connectivity index (χ1v) is 6.32. The van der Waals surface area contributed by atoms with Crippen LogP contribution in [0.25, 0.3) is 0 Å². The van der Waals surface area contributed by atoms with E-state index in [4.69, 9.17) is 5.11 Å². The first kappa shape index (κ1) is 15.9. The third-order valence-electron chi connectivity index (χ3n) is 2.47. The summed E-state index contributed by atoms with van der Waals surface area (Å²) in [7, 11) is 0. The van der Waals surface area contributed by atoms with Crippen molar-refractivity contribution in [3.63, 3.8) is 0 Å². The highest BCUT2D eigenvalue weighted by molar-refractivity contribution is 5.77. The van der Waals surface area contributed by atoms with E-state index in [0.29, 0.717) is 31.3 Å². The molecule has 1 amide bonds. The SMILES string of the molecule is CC(C)CCC(=O)N(CCC(=O)O)CC(C)C. The first-order chi connectivity index (χ1) is 7.82. The zero-order chi connectivity index (χ0) is 13.4. The minimum atomic E-state index is -0.851. The fourth-order valence-corrected chi connectivity index (χ4v) is 1.56. The van der Waals surface area contributed by atoms with E-state index in [-0.39, 0.29) is 12.3 Å². The monoisotopic (exact) mass is 243 g/mol. The fraction of sp³-hybridized carbons (Fsp3) is 0.846. The van der Waals surface area contributed by atoms with Gasteiger partial charge in [0.15, 0.2) is 0 Å². The fourth-order valence-electron chi connectivity index (χ4n) is 1.56. The number of carbonyl (C=O) groups excluding carboxylic acids is 1. The number of carboxylic acid groups (broad SMARTS) is 1. The third-order valence-corrected chi connectivity index (χ3v) is 2.47. The van der Waals surface area contributed by atoms with Crippen LogP contribution in [0.4, 0.5) is 0 Å². The lowest BCUT2D eigenvalue weighted by Gasteiger charge is -2.24. The average molecular weight is 243 g/mol. The Hall–Kier alpha value is -1.06. The van der Waals surface area contributed by atoms with E-state index in [1.54, 1.807) is 4.90 Å². The van der Waals surface area contributed by atoms with Crippen LogP contribution in [0.5, 0.6) is 0 Å². The molecule has 0 saturated carbocycles. The van der Waals surface area contributed by atoms with E-state index in [1.807, 2.05) is 13.8 Å². The van der Waals surface area contributed by atoms with Crippen LogP contribution in [0.15, 0.2) is 0 Å². The number of rotatable bonds is 8. The molecule has 0 aliphatic heterocycles. The third kappa shape index (κ3) is 8.72. The molecule has 0 atom stereocenters. The van der Waals surface area contributed by atoms with E-state index in [0.717, 1.165) is 6.42 Å². The quantitative estimate of drug-likeness (QED) is 0.712. The van der Waals surface area contributed by atoms with Crippen molar-refractivity contribution in [3.05, 3.63) is 0 Å². The van der Waals surface area contributed by atoms with Gasteiger partial charge in [0.1, 0.15) is 0 Å². The smallest absolute Gasteiger partial charge is 0.305 e. The van der Waals surface area contributed by atoms with Gasteiger partial charge >= 0.3 is 5.97 Å². The Morgan fingerprint density at radius 3 is 2.06 bits per heavy atom. The van der Waals surface area contributed by atoms with Crippen LogP contribution in [0.2, 0.25) is 0 Å². The van der Waals surface area contributed by atoms with Crippen molar-refractivity contribution < 1.29 is 14.7 Å². The number of nitrogens with zero attached hydrogens (tertiary/aromatic N) is 1. The maximum absolute atomic E-state index is 11.9. The molecule has 0 aromatic carbocycles. The Labute approximate surface area is 104 Å². The molecule has 0 radical (unpaired) electrons. The predicted octanol–water partition coefficient (Wildman–Crippen LogP) is 2.38. The molecule has 4 heteroatoms. The Morgan fingerprint density at radius 2 is 1.65 bits per heavy atom. The molecule has 0 unspecified atom stereocenters. The van der Waals surface area contributed by atoms with Crippen LogP contribution in [-0.2, 0) is 9.59 Å². The normalized spacial score (nSPS) is 10.9. The number of amides is 1. The van der Waals surface area contributed by atoms with Crippen molar-refractivity contribution in [3.8, 4) is 0 Å². The van der Waals surface area contributed by atoms with Gasteiger partial charge in [0.05, 0.1) is 6.42 Å². The van der Waals surface area contributed by atoms with Crippen molar-refractivity contribution in [2.75, 3.05) is 13.1 Å². The molecule has 0 saturated heterocycles. The zero-order valence-electron chi connectivity index (χ0n) is 11.4. The maximum Gasteiger partial charge on any atom is 0.305 e. The van der Waals surface area contributed by atoms with Crippen molar-refractivity contribution in [2.24, 2.45) is 11.8 Å². The Kier molecular flexibility index (Phi) is 7.59. The van der Waals surface area contributed by atoms with Gasteiger partial charge in [-0.05, 0) is 18.3 Å². The zero-order valence-corrected chi connectivity index (χ0v) is 11.4. The Balaban J connectivity index is 4.24. The lowest BCUT2D eigenvalue weighted by molar-refractivity contribution is -0.138. The number of hydrogen-bond acceptors (Lipinski definition) is 2. The molecule has 0 heterocycles. The van der Waals surface area contributed by atoms with Crippen molar-refractivity contribution in [1.29, 1.82) is 0 Å². The molecular weight excluding hydrogens is 218 g/mol. The second-order valence-electron chi connectivity index (χ2n) is 5.31. The molecule has 0 aliphatic rings. The average Bonchev–Trinajstić information content (AvgIpc) is 2.19. The highest BCUT2D eigenvalue weighted by atomic mass is 16.4. The summed E-state index contributed by atoms with van der Waals surface area (Å²) in [4.78, 5) is 24.2. The number of carbonyl (C=O) groups is 2. The summed E-state index contributed by atoms with van der Waals surface area (Å²) in [6, 6.07) is 0. The van der Waals surface area contributed by atoms with Crippen LogP contribution < -0.4 is 0 Å². The highest BCUT2D eigenvalue weighted by Crippen LogP contribution is 2.09. The number of aliphatic carboxylic acids is 1. The van der Waals surface area contributed by atoms with E-state index in [9.17, 15) is 9.59 Å². The van der Waals surface area contributed by atoms with E-state index >= 15 is 0 Å². The van der Waals surface area contributed by atoms with Crippen LogP contribution in [0.1, 0.15) is 47.0 Å². The minimum absolute atomic E-state index is 0.0279. The number of hydrogen-bond donors (Lipinski definition) is 1. The molecule has 0 spiro atoms. The van der Waals surface area contributed by atoms with Gasteiger partial charge in [-0.2, -0.15) is 0 Å². The molecule has 1 N–H and O–H groups in total. The van der Waals surface area contributed by atoms with Gasteiger partial charge in [0.2, 0.25) is 5.91 Å². The van der Waals surface area contributed by atoms with Crippen molar-refractivity contribution in [1.82, 2.24) is 4.90 Å². The Morgan fingerprint density at radius 1 is 1.06 bits per heavy atom. The summed E-state index contributed by atoms with van der Waals surface area (Å²) in [5.41, 5.74) is 0. The largest absolute Gasteiger partial charge is 0.481 e. The highest BCUT2D eigenvalue weighted by Gasteiger charge is 2.16. The molecule has 17 heavy (non-hydrogen) atoms. The summed E-state index contributed by atoms with van der Waals surface area (Å²) in [6.45, 7) is 9.19. The van der Waals surface area contributed by atoms with Gasteiger partial charge in [-0.3, -0.25) is 9.59 Å². The molecule has 0 aromatic rings. The molecule has 0 bridgehead atoms. The second-order valence-corrected chi connectivity index (χ2v) is 5.31. The van der Waals surface area contributed by atoms with Crippen LogP contribution in [0.3, 0.4) is 0 Å². The van der Waals surface area contributed by atoms with Gasteiger partial charge in [0, 0.05) is 19.5 Å². The lowest BCUT2D eigenvalue weighted by Crippen LogP contribution is -2.36. The first-order valence-electron chi connectivity index (χ1n) is 6.32. The lowest BCUT2D eigenvalue weighted by atomic mass is 10.1. The summed E-state index contributed by atoms with van der Waals surface area (Å²) >= 11 is 0. The Bertz CT molecular complexity index is 249. The van der Waals surface area contributed by atoms with Crippen molar-refractivity contribution in [2.45, 2.75) is 47.0 Å². The van der Waals surface area contributed by atoms with Crippen LogP contribution in [0, 0.1) is 11.8 Å². The van der Waals surface area contributed by atoms with Crippen molar-refractivity contribution >= 4 is 11.9 Å². The minimum Gasteiger partial charge on any atom is -0.481 e. The molecule has 0 aliphatic carbocycles. The van der Waals surface area contributed by atoms with Crippen LogP contribution in [-0.4, -0.2) is 35.0 Å². The van der Waals surface area contributed by atoms with Gasteiger partial charge in [0.25, 0.3) is 0 Å². The van der Waals surface area contributed by atoms with Gasteiger partial charge in [-0.25, -0.2) is 0 Å². The molecule has 0 aromatic heterocycles. The summed E-state index contributed by atoms with van der Waals surface area (Å²) in [6.07, 6.45) is 1.41. The summed E-state index contributed by atoms with van der Waals surface area (Å²) in [5, 5.41) is 8.66. The molecular formula is C13H25NO3. The summed E-state index contributed by atoms with van der Waals surface area (Å²) < 4.78 is 0. The molecule has 0 fully saturated rings. The van der Waals surface area contributed by atoms with Gasteiger partial charge in [-0.15, -0.1) is 0 Å². The molecule has 100 valence electrons. The van der Waals surface area contributed by atoms with Gasteiger partial charge in [-0.1, -0.05) is 27.7 Å². The maximum atomic E-state index is 11.9. The van der Waals surface area contributed by atoms with E-state index in [1.165, 1.54) is 0 Å². The van der Waals surface area contributed by atoms with E-state index in [2.05, 4.69) is 13.8 Å². The molecule has 4 nitrogen and oxygen atoms in total. The summed E-state index contributed by atoms with van der Waals surface area (Å²) in [5.74, 6) is 0.0928. The predicted molar refractivity (Wildman–Crippen MR) is 67.7 cm³/mol. The topological polar surface area (TPSA) is 57.6 Å². The molecule has 0 rings (SSSR count). The standard InChI is InChI=1S/C13H25NO3/c1-10(2)5-6-12(15)14(9-11(3)4)8-7-13(16)17/h10-11H,5-9H2,1-4H3,(H,16,17). The second kappa shape index (κ2) is 8.09. The number of carboxylic acids is 1. The van der Waals surface area contributed by atoms with Crippen LogP contribution >= 0.6 is 0 Å². The van der Waals surface area contributed by atoms with E-state index < -0.39 is 5.97 Å². The van der Waals surface area contributed by atoms with Gasteiger partial charge < -0.3 is 10.0 Å².